The highest BCUT2D eigenvalue weighted by molar-refractivity contribution is 5.62. The van der Waals surface area contributed by atoms with E-state index < -0.39 is 0 Å². The van der Waals surface area contributed by atoms with Crippen LogP contribution in [-0.2, 0) is 17.8 Å². The van der Waals surface area contributed by atoms with Gasteiger partial charge in [-0.2, -0.15) is 5.26 Å². The maximum atomic E-state index is 10.4. The van der Waals surface area contributed by atoms with Gasteiger partial charge in [0.2, 0.25) is 0 Å². The second kappa shape index (κ2) is 6.29. The number of anilines is 1. The Morgan fingerprint density at radius 3 is 2.90 bits per heavy atom. The molecule has 1 aliphatic rings. The van der Waals surface area contributed by atoms with Gasteiger partial charge in [-0.05, 0) is 29.7 Å². The third-order valence-electron chi connectivity index (χ3n) is 3.41. The van der Waals surface area contributed by atoms with Crippen LogP contribution in [0.15, 0.2) is 12.1 Å². The fourth-order valence-electron chi connectivity index (χ4n) is 2.34. The van der Waals surface area contributed by atoms with Crippen molar-refractivity contribution < 1.29 is 9.53 Å². The van der Waals surface area contributed by atoms with E-state index in [4.69, 9.17) is 10.00 Å². The smallest absolute Gasteiger partial charge is 0.179 e. The van der Waals surface area contributed by atoms with Crippen molar-refractivity contribution in [1.82, 2.24) is 4.90 Å². The van der Waals surface area contributed by atoms with Crippen molar-refractivity contribution in [1.29, 1.82) is 5.26 Å². The van der Waals surface area contributed by atoms with Crippen LogP contribution in [-0.4, -0.2) is 38.4 Å². The number of nitrogens with zero attached hydrogens (tertiary/aromatic N) is 3. The van der Waals surface area contributed by atoms with E-state index in [0.717, 1.165) is 30.7 Å². The molecule has 1 aliphatic heterocycles. The molecular weight excluding hydrogens is 254 g/mol. The van der Waals surface area contributed by atoms with Crippen LogP contribution in [0.1, 0.15) is 17.5 Å². The molecule has 1 aromatic carbocycles. The van der Waals surface area contributed by atoms with Gasteiger partial charge in [-0.1, -0.05) is 0 Å². The van der Waals surface area contributed by atoms with Crippen LogP contribution in [0.3, 0.4) is 0 Å². The standard InChI is InChI=1S/C15H19N3O2/c1-17(2)14-8-13-10-18(11-16)5-4-12(13)9-15(14)20-7-3-6-19/h6,8-9H,3-5,7,10H2,1-2H3. The summed E-state index contributed by atoms with van der Waals surface area (Å²) >= 11 is 0. The van der Waals surface area contributed by atoms with Gasteiger partial charge in [0, 0.05) is 27.1 Å². The van der Waals surface area contributed by atoms with Gasteiger partial charge in [0.05, 0.1) is 18.8 Å². The van der Waals surface area contributed by atoms with Gasteiger partial charge in [0.25, 0.3) is 0 Å². The molecular formula is C15H19N3O2. The minimum Gasteiger partial charge on any atom is -0.491 e. The monoisotopic (exact) mass is 273 g/mol. The predicted molar refractivity (Wildman–Crippen MR) is 76.7 cm³/mol. The fraction of sp³-hybridized carbons (Fsp3) is 0.467. The minimum atomic E-state index is 0.395. The number of rotatable bonds is 5. The minimum absolute atomic E-state index is 0.395. The quantitative estimate of drug-likeness (QED) is 0.463. The second-order valence-corrected chi connectivity index (χ2v) is 5.06. The van der Waals surface area contributed by atoms with Gasteiger partial charge >= 0.3 is 0 Å². The lowest BCUT2D eigenvalue weighted by Gasteiger charge is -2.27. The fourth-order valence-corrected chi connectivity index (χ4v) is 2.34. The molecule has 1 aromatic rings. The maximum Gasteiger partial charge on any atom is 0.179 e. The average Bonchev–Trinajstić information content (AvgIpc) is 2.46. The van der Waals surface area contributed by atoms with Gasteiger partial charge < -0.3 is 19.3 Å². The molecule has 0 unspecified atom stereocenters. The van der Waals surface area contributed by atoms with E-state index in [9.17, 15) is 4.79 Å². The first-order chi connectivity index (χ1) is 9.65. The zero-order valence-corrected chi connectivity index (χ0v) is 11.9. The lowest BCUT2D eigenvalue weighted by Crippen LogP contribution is -2.26. The van der Waals surface area contributed by atoms with Crippen molar-refractivity contribution in [3.8, 4) is 11.9 Å². The zero-order chi connectivity index (χ0) is 14.5. The highest BCUT2D eigenvalue weighted by Gasteiger charge is 2.19. The van der Waals surface area contributed by atoms with E-state index in [1.54, 1.807) is 4.90 Å². The summed E-state index contributed by atoms with van der Waals surface area (Å²) < 4.78 is 5.71. The van der Waals surface area contributed by atoms with Gasteiger partial charge in [0.15, 0.2) is 6.19 Å². The first-order valence-electron chi connectivity index (χ1n) is 6.70. The molecule has 0 radical (unpaired) electrons. The molecule has 0 saturated heterocycles. The van der Waals surface area contributed by atoms with Crippen LogP contribution < -0.4 is 9.64 Å². The Balaban J connectivity index is 2.29. The predicted octanol–water partition coefficient (Wildman–Crippen LogP) is 1.56. The number of ether oxygens (including phenoxy) is 1. The number of carbonyl (C=O) groups excluding carboxylic acids is 1. The maximum absolute atomic E-state index is 10.4. The summed E-state index contributed by atoms with van der Waals surface area (Å²) in [5, 5.41) is 9.00. The van der Waals surface area contributed by atoms with Crippen molar-refractivity contribution in [3.05, 3.63) is 23.3 Å². The molecule has 2 rings (SSSR count). The molecule has 0 N–H and O–H groups in total. The van der Waals surface area contributed by atoms with Crippen LogP contribution in [0.5, 0.6) is 5.75 Å². The lowest BCUT2D eigenvalue weighted by atomic mass is 9.98. The van der Waals surface area contributed by atoms with Crippen LogP contribution in [0, 0.1) is 11.5 Å². The summed E-state index contributed by atoms with van der Waals surface area (Å²) in [6.07, 6.45) is 4.30. The number of aldehydes is 1. The molecule has 1 heterocycles. The third kappa shape index (κ3) is 3.02. The number of hydrogen-bond acceptors (Lipinski definition) is 5. The van der Waals surface area contributed by atoms with Crippen molar-refractivity contribution in [2.45, 2.75) is 19.4 Å². The Kier molecular flexibility index (Phi) is 4.46. The third-order valence-corrected chi connectivity index (χ3v) is 3.41. The van der Waals surface area contributed by atoms with Gasteiger partial charge in [-0.15, -0.1) is 0 Å². The summed E-state index contributed by atoms with van der Waals surface area (Å²) in [6.45, 7) is 1.80. The van der Waals surface area contributed by atoms with Gasteiger partial charge in [-0.25, -0.2) is 0 Å². The number of nitriles is 1. The summed E-state index contributed by atoms with van der Waals surface area (Å²) in [5.41, 5.74) is 3.38. The molecule has 0 aliphatic carbocycles. The van der Waals surface area contributed by atoms with Crippen LogP contribution >= 0.6 is 0 Å². The molecule has 0 amide bonds. The summed E-state index contributed by atoms with van der Waals surface area (Å²) in [4.78, 5) is 14.1. The van der Waals surface area contributed by atoms with Crippen molar-refractivity contribution >= 4 is 12.0 Å². The normalized spacial score (nSPS) is 13.3. The summed E-state index contributed by atoms with van der Waals surface area (Å²) in [7, 11) is 3.92. The summed E-state index contributed by atoms with van der Waals surface area (Å²) in [6, 6.07) is 4.12. The highest BCUT2D eigenvalue weighted by Crippen LogP contribution is 2.33. The van der Waals surface area contributed by atoms with Crippen molar-refractivity contribution in [3.63, 3.8) is 0 Å². The molecule has 20 heavy (non-hydrogen) atoms. The summed E-state index contributed by atoms with van der Waals surface area (Å²) in [5.74, 6) is 0.806. The SMILES string of the molecule is CN(C)c1cc2c(cc1OCCC=O)CCN(C#N)C2. The van der Waals surface area contributed by atoms with Crippen LogP contribution in [0.2, 0.25) is 0 Å². The molecule has 0 fully saturated rings. The molecule has 5 heteroatoms. The lowest BCUT2D eigenvalue weighted by molar-refractivity contribution is -0.108. The van der Waals surface area contributed by atoms with Crippen molar-refractivity contribution in [2.24, 2.45) is 0 Å². The Bertz CT molecular complexity index is 535. The Labute approximate surface area is 119 Å². The first-order valence-corrected chi connectivity index (χ1v) is 6.70. The Hall–Kier alpha value is -2.22. The van der Waals surface area contributed by atoms with E-state index in [-0.39, 0.29) is 0 Å². The van der Waals surface area contributed by atoms with E-state index in [0.29, 0.717) is 19.6 Å². The van der Waals surface area contributed by atoms with E-state index in [1.165, 1.54) is 11.1 Å². The van der Waals surface area contributed by atoms with E-state index in [1.807, 2.05) is 25.1 Å². The highest BCUT2D eigenvalue weighted by atomic mass is 16.5. The van der Waals surface area contributed by atoms with Gasteiger partial charge in [0.1, 0.15) is 12.0 Å². The number of hydrogen-bond donors (Lipinski definition) is 0. The first kappa shape index (κ1) is 14.2. The van der Waals surface area contributed by atoms with Crippen LogP contribution in [0.25, 0.3) is 0 Å². The number of benzene rings is 1. The average molecular weight is 273 g/mol. The largest absolute Gasteiger partial charge is 0.491 e. The van der Waals surface area contributed by atoms with E-state index in [2.05, 4.69) is 12.3 Å². The Morgan fingerprint density at radius 2 is 2.25 bits per heavy atom. The van der Waals surface area contributed by atoms with E-state index >= 15 is 0 Å². The van der Waals surface area contributed by atoms with Crippen LogP contribution in [0.4, 0.5) is 5.69 Å². The molecule has 5 nitrogen and oxygen atoms in total. The molecule has 0 atom stereocenters. The second-order valence-electron chi connectivity index (χ2n) is 5.06. The molecule has 0 aromatic heterocycles. The number of carbonyl (C=O) groups is 1. The number of fused-ring (bicyclic) bond motifs is 1. The molecule has 0 bridgehead atoms. The van der Waals surface area contributed by atoms with Crippen molar-refractivity contribution in [2.75, 3.05) is 32.1 Å². The molecule has 0 saturated carbocycles. The van der Waals surface area contributed by atoms with Gasteiger partial charge in [-0.3, -0.25) is 0 Å². The molecule has 106 valence electrons. The Morgan fingerprint density at radius 1 is 1.45 bits per heavy atom. The molecule has 0 spiro atoms. The topological polar surface area (TPSA) is 56.6 Å². The zero-order valence-electron chi connectivity index (χ0n) is 11.9.